The molecule has 1 aliphatic heterocycles. The highest BCUT2D eigenvalue weighted by Gasteiger charge is 2.33. The van der Waals surface area contributed by atoms with Gasteiger partial charge in [0, 0.05) is 0 Å². The summed E-state index contributed by atoms with van der Waals surface area (Å²) >= 11 is 0. The van der Waals surface area contributed by atoms with Crippen molar-refractivity contribution in [2.75, 3.05) is 18.1 Å². The molecule has 0 aromatic rings. The Morgan fingerprint density at radius 1 is 1.44 bits per heavy atom. The van der Waals surface area contributed by atoms with E-state index in [1.54, 1.807) is 0 Å². The number of rotatable bonds is 4. The highest BCUT2D eigenvalue weighted by molar-refractivity contribution is 7.91. The number of carbonyl (C=O) groups excluding carboxylic acids is 1. The molecule has 1 fully saturated rings. The molecule has 1 saturated heterocycles. The lowest BCUT2D eigenvalue weighted by Crippen LogP contribution is -2.39. The predicted octanol–water partition coefficient (Wildman–Crippen LogP) is -2.02. The first kappa shape index (κ1) is 12.9. The van der Waals surface area contributed by atoms with Gasteiger partial charge >= 0.3 is 5.97 Å². The zero-order valence-electron chi connectivity index (χ0n) is 8.42. The summed E-state index contributed by atoms with van der Waals surface area (Å²) in [5.41, 5.74) is 0. The summed E-state index contributed by atoms with van der Waals surface area (Å²) in [7, 11) is -3.14. The van der Waals surface area contributed by atoms with Gasteiger partial charge in [-0.2, -0.15) is 0 Å². The number of aliphatic carboxylic acids is 1. The zero-order valence-corrected chi connectivity index (χ0v) is 9.24. The molecule has 0 bridgehead atoms. The number of nitrogens with one attached hydrogen (secondary N) is 1. The Bertz CT molecular complexity index is 389. The molecule has 7 nitrogen and oxygen atoms in total. The normalized spacial score (nSPS) is 24.9. The first-order valence-electron chi connectivity index (χ1n) is 4.71. The van der Waals surface area contributed by atoms with Gasteiger partial charge in [-0.15, -0.1) is 0 Å². The number of carboxylic acids is 1. The lowest BCUT2D eigenvalue weighted by atomic mass is 10.1. The molecule has 2 atom stereocenters. The topological polar surface area (TPSA) is 121 Å². The lowest BCUT2D eigenvalue weighted by molar-refractivity contribution is -0.146. The number of aliphatic hydroxyl groups excluding tert-OH is 1. The fourth-order valence-electron chi connectivity index (χ4n) is 1.43. The monoisotopic (exact) mass is 251 g/mol. The maximum atomic E-state index is 11.4. The van der Waals surface area contributed by atoms with Crippen molar-refractivity contribution in [2.45, 2.75) is 12.5 Å². The maximum Gasteiger partial charge on any atom is 0.334 e. The molecule has 3 N–H and O–H groups in total. The molecule has 2 unspecified atom stereocenters. The van der Waals surface area contributed by atoms with Gasteiger partial charge in [-0.25, -0.2) is 13.2 Å². The summed E-state index contributed by atoms with van der Waals surface area (Å²) in [5.74, 6) is -2.82. The highest BCUT2D eigenvalue weighted by atomic mass is 32.2. The van der Waals surface area contributed by atoms with Gasteiger partial charge in [0.1, 0.15) is 0 Å². The standard InChI is InChI=1S/C8H13NO6S/c10-6(8(12)13)3-9-7(11)5-1-2-16(14,15)4-5/h5-6,10H,1-4H2,(H,9,11)(H,12,13). The molecule has 0 saturated carbocycles. The van der Waals surface area contributed by atoms with Gasteiger partial charge in [-0.3, -0.25) is 4.79 Å². The number of hydrogen-bond donors (Lipinski definition) is 3. The Hall–Kier alpha value is -1.15. The molecule has 8 heteroatoms. The first-order valence-corrected chi connectivity index (χ1v) is 6.53. The van der Waals surface area contributed by atoms with Crippen LogP contribution in [0.2, 0.25) is 0 Å². The number of aliphatic hydroxyl groups is 1. The first-order chi connectivity index (χ1) is 7.32. The SMILES string of the molecule is O=C(O)C(O)CNC(=O)C1CCS(=O)(=O)C1. The average Bonchev–Trinajstić information content (AvgIpc) is 2.54. The minimum Gasteiger partial charge on any atom is -0.479 e. The Morgan fingerprint density at radius 2 is 2.06 bits per heavy atom. The van der Waals surface area contributed by atoms with Crippen LogP contribution in [0.25, 0.3) is 0 Å². The van der Waals surface area contributed by atoms with Crippen LogP contribution in [0.4, 0.5) is 0 Å². The Labute approximate surface area is 92.4 Å². The van der Waals surface area contributed by atoms with Crippen molar-refractivity contribution in [1.82, 2.24) is 5.32 Å². The molecule has 0 spiro atoms. The van der Waals surface area contributed by atoms with Gasteiger partial charge in [0.15, 0.2) is 15.9 Å². The van der Waals surface area contributed by atoms with E-state index in [2.05, 4.69) is 5.32 Å². The molecule has 1 rings (SSSR count). The summed E-state index contributed by atoms with van der Waals surface area (Å²) < 4.78 is 22.1. The van der Waals surface area contributed by atoms with Gasteiger partial charge in [-0.05, 0) is 6.42 Å². The molecule has 0 aliphatic carbocycles. The van der Waals surface area contributed by atoms with Crippen LogP contribution in [0.1, 0.15) is 6.42 Å². The number of carboxylic acid groups (broad SMARTS) is 1. The molecule has 0 aromatic carbocycles. The van der Waals surface area contributed by atoms with Crippen molar-refractivity contribution < 1.29 is 28.2 Å². The van der Waals surface area contributed by atoms with Crippen LogP contribution >= 0.6 is 0 Å². The lowest BCUT2D eigenvalue weighted by Gasteiger charge is -2.10. The molecule has 0 radical (unpaired) electrons. The smallest absolute Gasteiger partial charge is 0.334 e. The summed E-state index contributed by atoms with van der Waals surface area (Å²) in [4.78, 5) is 21.6. The number of sulfone groups is 1. The quantitative estimate of drug-likeness (QED) is 0.530. The Morgan fingerprint density at radius 3 is 2.50 bits per heavy atom. The Balaban J connectivity index is 2.40. The zero-order chi connectivity index (χ0) is 12.3. The van der Waals surface area contributed by atoms with Gasteiger partial charge in [0.2, 0.25) is 5.91 Å². The molecule has 1 aliphatic rings. The fraction of sp³-hybridized carbons (Fsp3) is 0.750. The van der Waals surface area contributed by atoms with Gasteiger partial charge in [0.05, 0.1) is 24.0 Å². The molecular weight excluding hydrogens is 238 g/mol. The second-order valence-electron chi connectivity index (χ2n) is 3.70. The van der Waals surface area contributed by atoms with E-state index in [0.29, 0.717) is 0 Å². The largest absolute Gasteiger partial charge is 0.479 e. The second-order valence-corrected chi connectivity index (χ2v) is 5.93. The third-order valence-corrected chi connectivity index (χ3v) is 4.13. The molecule has 1 heterocycles. The van der Waals surface area contributed by atoms with Crippen molar-refractivity contribution in [3.05, 3.63) is 0 Å². The van der Waals surface area contributed by atoms with Crippen molar-refractivity contribution in [3.63, 3.8) is 0 Å². The minimum atomic E-state index is -3.14. The number of amides is 1. The van der Waals surface area contributed by atoms with Crippen molar-refractivity contribution >= 4 is 21.7 Å². The van der Waals surface area contributed by atoms with E-state index >= 15 is 0 Å². The summed E-state index contributed by atoms with van der Waals surface area (Å²) in [6.45, 7) is -0.412. The summed E-state index contributed by atoms with van der Waals surface area (Å²) in [5, 5.41) is 19.4. The van der Waals surface area contributed by atoms with Crippen LogP contribution < -0.4 is 5.32 Å². The average molecular weight is 251 g/mol. The maximum absolute atomic E-state index is 11.4. The molecule has 0 aromatic heterocycles. The third-order valence-electron chi connectivity index (χ3n) is 2.36. The second kappa shape index (κ2) is 4.79. The van der Waals surface area contributed by atoms with Gasteiger partial charge < -0.3 is 15.5 Å². The summed E-state index contributed by atoms with van der Waals surface area (Å²) in [6, 6.07) is 0. The van der Waals surface area contributed by atoms with E-state index < -0.39 is 40.3 Å². The number of carbonyl (C=O) groups is 2. The van der Waals surface area contributed by atoms with Crippen LogP contribution in [0, 0.1) is 5.92 Å². The fourth-order valence-corrected chi connectivity index (χ4v) is 3.17. The minimum absolute atomic E-state index is 0.0213. The van der Waals surface area contributed by atoms with Crippen molar-refractivity contribution in [3.8, 4) is 0 Å². The molecule has 16 heavy (non-hydrogen) atoms. The van der Waals surface area contributed by atoms with Crippen LogP contribution in [0.15, 0.2) is 0 Å². The van der Waals surface area contributed by atoms with E-state index in [4.69, 9.17) is 10.2 Å². The molecule has 1 amide bonds. The van der Waals surface area contributed by atoms with E-state index in [0.717, 1.165) is 0 Å². The van der Waals surface area contributed by atoms with Crippen molar-refractivity contribution in [2.24, 2.45) is 5.92 Å². The Kier molecular flexibility index (Phi) is 3.87. The van der Waals surface area contributed by atoms with Gasteiger partial charge in [0.25, 0.3) is 0 Å². The van der Waals surface area contributed by atoms with Crippen molar-refractivity contribution in [1.29, 1.82) is 0 Å². The van der Waals surface area contributed by atoms with E-state index in [-0.39, 0.29) is 17.9 Å². The van der Waals surface area contributed by atoms with Gasteiger partial charge in [-0.1, -0.05) is 0 Å². The van der Waals surface area contributed by atoms with Crippen LogP contribution in [-0.4, -0.2) is 54.7 Å². The van der Waals surface area contributed by atoms with Crippen LogP contribution in [-0.2, 0) is 19.4 Å². The molecule has 92 valence electrons. The van der Waals surface area contributed by atoms with E-state index in [9.17, 15) is 18.0 Å². The predicted molar refractivity (Wildman–Crippen MR) is 53.4 cm³/mol. The number of hydrogen-bond acceptors (Lipinski definition) is 5. The highest BCUT2D eigenvalue weighted by Crippen LogP contribution is 2.18. The summed E-state index contributed by atoms with van der Waals surface area (Å²) in [6.07, 6.45) is -1.42. The van der Waals surface area contributed by atoms with E-state index in [1.165, 1.54) is 0 Å². The van der Waals surface area contributed by atoms with Crippen LogP contribution in [0.3, 0.4) is 0 Å². The molecular formula is C8H13NO6S. The third kappa shape index (κ3) is 3.46. The van der Waals surface area contributed by atoms with E-state index in [1.807, 2.05) is 0 Å². The van der Waals surface area contributed by atoms with Crippen LogP contribution in [0.5, 0.6) is 0 Å².